The first-order valence-corrected chi connectivity index (χ1v) is 8.52. The maximum Gasteiger partial charge on any atom is 0.239 e. The smallest absolute Gasteiger partial charge is 0.239 e. The lowest BCUT2D eigenvalue weighted by molar-refractivity contribution is -0.119. The molecule has 2 aromatic carbocycles. The van der Waals surface area contributed by atoms with Crippen LogP contribution in [0.4, 0.5) is 11.4 Å². The largest absolute Gasteiger partial charge is 0.493 e. The standard InChI is InChI=1S/C20H27N3O3/c1-23(2)17-8-6-16(7-9-17)22-14-20(24)21-12-11-15-5-10-18(25-3)19(13-15)26-4/h5-10,13,22H,11-12,14H2,1-4H3,(H,21,24). The maximum atomic E-state index is 12.0. The van der Waals surface area contributed by atoms with Crippen molar-refractivity contribution in [3.05, 3.63) is 48.0 Å². The monoisotopic (exact) mass is 357 g/mol. The molecule has 2 N–H and O–H groups in total. The third-order valence-corrected chi connectivity index (χ3v) is 4.02. The van der Waals surface area contributed by atoms with Crippen molar-refractivity contribution in [1.29, 1.82) is 0 Å². The van der Waals surface area contributed by atoms with Crippen molar-refractivity contribution in [3.63, 3.8) is 0 Å². The lowest BCUT2D eigenvalue weighted by atomic mass is 10.1. The topological polar surface area (TPSA) is 62.8 Å². The third kappa shape index (κ3) is 5.58. The van der Waals surface area contributed by atoms with Crippen LogP contribution in [-0.4, -0.2) is 47.3 Å². The zero-order chi connectivity index (χ0) is 18.9. The van der Waals surface area contributed by atoms with Gasteiger partial charge in [-0.3, -0.25) is 4.79 Å². The average molecular weight is 357 g/mol. The second-order valence-electron chi connectivity index (χ2n) is 6.08. The van der Waals surface area contributed by atoms with E-state index in [4.69, 9.17) is 9.47 Å². The number of nitrogens with one attached hydrogen (secondary N) is 2. The van der Waals surface area contributed by atoms with Crippen LogP contribution in [0.5, 0.6) is 11.5 Å². The predicted molar refractivity (Wildman–Crippen MR) is 106 cm³/mol. The van der Waals surface area contributed by atoms with E-state index in [9.17, 15) is 4.79 Å². The van der Waals surface area contributed by atoms with E-state index in [1.54, 1.807) is 14.2 Å². The van der Waals surface area contributed by atoms with Gasteiger partial charge in [0.1, 0.15) is 0 Å². The van der Waals surface area contributed by atoms with E-state index in [0.717, 1.165) is 23.4 Å². The molecule has 2 aromatic rings. The number of amides is 1. The van der Waals surface area contributed by atoms with E-state index >= 15 is 0 Å². The van der Waals surface area contributed by atoms with Gasteiger partial charge in [-0.15, -0.1) is 0 Å². The fraction of sp³-hybridized carbons (Fsp3) is 0.350. The molecule has 0 aliphatic carbocycles. The lowest BCUT2D eigenvalue weighted by Gasteiger charge is -2.13. The molecule has 0 fully saturated rings. The van der Waals surface area contributed by atoms with E-state index in [1.165, 1.54) is 0 Å². The molecule has 0 saturated heterocycles. The van der Waals surface area contributed by atoms with E-state index in [0.29, 0.717) is 18.0 Å². The number of nitrogens with zero attached hydrogens (tertiary/aromatic N) is 1. The van der Waals surface area contributed by atoms with E-state index in [1.807, 2.05) is 61.5 Å². The minimum absolute atomic E-state index is 0.0397. The molecule has 0 aliphatic rings. The number of carbonyl (C=O) groups is 1. The number of carbonyl (C=O) groups excluding carboxylic acids is 1. The molecule has 1 amide bonds. The van der Waals surface area contributed by atoms with Gasteiger partial charge >= 0.3 is 0 Å². The van der Waals surface area contributed by atoms with Crippen molar-refractivity contribution in [3.8, 4) is 11.5 Å². The molecular formula is C20H27N3O3. The van der Waals surface area contributed by atoms with Gasteiger partial charge in [0.15, 0.2) is 11.5 Å². The summed E-state index contributed by atoms with van der Waals surface area (Å²) in [6.07, 6.45) is 0.726. The first-order chi connectivity index (χ1) is 12.5. The van der Waals surface area contributed by atoms with Crippen LogP contribution in [0, 0.1) is 0 Å². The summed E-state index contributed by atoms with van der Waals surface area (Å²) in [5, 5.41) is 6.04. The summed E-state index contributed by atoms with van der Waals surface area (Å²) in [6, 6.07) is 13.7. The van der Waals surface area contributed by atoms with Crippen LogP contribution in [0.2, 0.25) is 0 Å². The van der Waals surface area contributed by atoms with Crippen LogP contribution in [-0.2, 0) is 11.2 Å². The Bertz CT molecular complexity index is 715. The van der Waals surface area contributed by atoms with Crippen molar-refractivity contribution >= 4 is 17.3 Å². The zero-order valence-electron chi connectivity index (χ0n) is 15.8. The van der Waals surface area contributed by atoms with Gasteiger partial charge in [-0.2, -0.15) is 0 Å². The molecule has 0 radical (unpaired) electrons. The molecule has 6 heteroatoms. The molecule has 0 atom stereocenters. The summed E-state index contributed by atoms with van der Waals surface area (Å²) in [6.45, 7) is 0.808. The van der Waals surface area contributed by atoms with Gasteiger partial charge in [0, 0.05) is 32.0 Å². The number of benzene rings is 2. The number of rotatable bonds is 9. The highest BCUT2D eigenvalue weighted by Crippen LogP contribution is 2.27. The second-order valence-corrected chi connectivity index (χ2v) is 6.08. The Hall–Kier alpha value is -2.89. The van der Waals surface area contributed by atoms with Crippen molar-refractivity contribution in [2.75, 3.05) is 51.6 Å². The summed E-state index contributed by atoms with van der Waals surface area (Å²) < 4.78 is 10.5. The van der Waals surface area contributed by atoms with Crippen LogP contribution in [0.15, 0.2) is 42.5 Å². The minimum Gasteiger partial charge on any atom is -0.493 e. The lowest BCUT2D eigenvalue weighted by Crippen LogP contribution is -2.31. The summed E-state index contributed by atoms with van der Waals surface area (Å²) in [4.78, 5) is 14.0. The first kappa shape index (κ1) is 19.4. The average Bonchev–Trinajstić information content (AvgIpc) is 2.66. The van der Waals surface area contributed by atoms with Gasteiger partial charge in [-0.1, -0.05) is 6.07 Å². The molecule has 0 saturated carbocycles. The SMILES string of the molecule is COc1ccc(CCNC(=O)CNc2ccc(N(C)C)cc2)cc1OC. The highest BCUT2D eigenvalue weighted by Gasteiger charge is 2.06. The zero-order valence-corrected chi connectivity index (χ0v) is 15.8. The van der Waals surface area contributed by atoms with Gasteiger partial charge in [0.2, 0.25) is 5.91 Å². The Labute approximate surface area is 155 Å². The Morgan fingerprint density at radius 1 is 1.00 bits per heavy atom. The highest BCUT2D eigenvalue weighted by atomic mass is 16.5. The van der Waals surface area contributed by atoms with Crippen molar-refractivity contribution in [2.45, 2.75) is 6.42 Å². The quantitative estimate of drug-likeness (QED) is 0.722. The molecule has 140 valence electrons. The van der Waals surface area contributed by atoms with E-state index < -0.39 is 0 Å². The van der Waals surface area contributed by atoms with Gasteiger partial charge in [-0.05, 0) is 48.4 Å². The predicted octanol–water partition coefficient (Wildman–Crippen LogP) is 2.54. The summed E-state index contributed by atoms with van der Waals surface area (Å²) >= 11 is 0. The van der Waals surface area contributed by atoms with Crippen LogP contribution in [0.1, 0.15) is 5.56 Å². The molecule has 0 unspecified atom stereocenters. The molecular weight excluding hydrogens is 330 g/mol. The fourth-order valence-corrected chi connectivity index (χ4v) is 2.50. The number of hydrogen-bond acceptors (Lipinski definition) is 5. The van der Waals surface area contributed by atoms with Crippen LogP contribution < -0.4 is 25.0 Å². The summed E-state index contributed by atoms with van der Waals surface area (Å²) in [5.41, 5.74) is 3.12. The molecule has 2 rings (SSSR count). The van der Waals surface area contributed by atoms with Crippen molar-refractivity contribution < 1.29 is 14.3 Å². The normalized spacial score (nSPS) is 10.2. The van der Waals surface area contributed by atoms with E-state index in [-0.39, 0.29) is 12.5 Å². The maximum absolute atomic E-state index is 12.0. The third-order valence-electron chi connectivity index (χ3n) is 4.02. The van der Waals surface area contributed by atoms with Crippen LogP contribution in [0.3, 0.4) is 0 Å². The van der Waals surface area contributed by atoms with Gasteiger partial charge in [0.25, 0.3) is 0 Å². The van der Waals surface area contributed by atoms with Crippen LogP contribution >= 0.6 is 0 Å². The molecule has 6 nitrogen and oxygen atoms in total. The summed E-state index contributed by atoms with van der Waals surface area (Å²) in [7, 11) is 7.21. The van der Waals surface area contributed by atoms with Gasteiger partial charge in [-0.25, -0.2) is 0 Å². The number of ether oxygens (including phenoxy) is 2. The molecule has 0 bridgehead atoms. The second kappa shape index (κ2) is 9.56. The van der Waals surface area contributed by atoms with Crippen LogP contribution in [0.25, 0.3) is 0 Å². The Morgan fingerprint density at radius 2 is 1.69 bits per heavy atom. The highest BCUT2D eigenvalue weighted by molar-refractivity contribution is 5.80. The van der Waals surface area contributed by atoms with E-state index in [2.05, 4.69) is 10.6 Å². The summed E-state index contributed by atoms with van der Waals surface area (Å²) in [5.74, 6) is 1.35. The minimum atomic E-state index is -0.0397. The molecule has 26 heavy (non-hydrogen) atoms. The Kier molecular flexibility index (Phi) is 7.14. The van der Waals surface area contributed by atoms with Gasteiger partial charge in [0.05, 0.1) is 20.8 Å². The van der Waals surface area contributed by atoms with Gasteiger partial charge < -0.3 is 25.0 Å². The molecule has 0 aliphatic heterocycles. The first-order valence-electron chi connectivity index (χ1n) is 8.52. The Morgan fingerprint density at radius 3 is 2.31 bits per heavy atom. The number of anilines is 2. The number of hydrogen-bond donors (Lipinski definition) is 2. The van der Waals surface area contributed by atoms with Crippen molar-refractivity contribution in [2.24, 2.45) is 0 Å². The molecule has 0 spiro atoms. The molecule has 0 aromatic heterocycles. The molecule has 0 heterocycles. The fourth-order valence-electron chi connectivity index (χ4n) is 2.50. The number of methoxy groups -OCH3 is 2. The Balaban J connectivity index is 1.75. The van der Waals surface area contributed by atoms with Crippen molar-refractivity contribution in [1.82, 2.24) is 5.32 Å².